The second-order valence-electron chi connectivity index (χ2n) is 4.50. The van der Waals surface area contributed by atoms with Crippen LogP contribution in [0.25, 0.3) is 0 Å². The highest BCUT2D eigenvalue weighted by Gasteiger charge is 2.11. The van der Waals surface area contributed by atoms with Crippen LogP contribution < -0.4 is 4.74 Å². The minimum absolute atomic E-state index is 0.272. The van der Waals surface area contributed by atoms with Crippen LogP contribution in [0.5, 0.6) is 5.75 Å². The van der Waals surface area contributed by atoms with Gasteiger partial charge >= 0.3 is 5.97 Å². The van der Waals surface area contributed by atoms with Gasteiger partial charge in [0.15, 0.2) is 0 Å². The maximum Gasteiger partial charge on any atom is 0.335 e. The van der Waals surface area contributed by atoms with Crippen molar-refractivity contribution in [2.45, 2.75) is 20.5 Å². The van der Waals surface area contributed by atoms with Gasteiger partial charge in [-0.3, -0.25) is 4.98 Å². The molecule has 0 saturated heterocycles. The second-order valence-corrected chi connectivity index (χ2v) is 5.42. The van der Waals surface area contributed by atoms with Gasteiger partial charge in [-0.25, -0.2) is 4.79 Å². The summed E-state index contributed by atoms with van der Waals surface area (Å²) in [6.45, 7) is 4.02. The number of hydrogen-bond acceptors (Lipinski definition) is 3. The number of carboxylic acid groups (broad SMARTS) is 1. The SMILES string of the molecule is Cc1cc(C(=O)O)cc(C)c1OCc1ccc(Br)cn1. The number of aryl methyl sites for hydroxylation is 2. The van der Waals surface area contributed by atoms with E-state index in [1.807, 2.05) is 26.0 Å². The van der Waals surface area contributed by atoms with Crippen LogP contribution in [0.1, 0.15) is 27.2 Å². The zero-order valence-corrected chi connectivity index (χ0v) is 12.8. The summed E-state index contributed by atoms with van der Waals surface area (Å²) < 4.78 is 6.67. The van der Waals surface area contributed by atoms with E-state index in [-0.39, 0.29) is 5.56 Å². The lowest BCUT2D eigenvalue weighted by molar-refractivity contribution is 0.0696. The third-order valence-corrected chi connectivity index (χ3v) is 3.33. The molecule has 104 valence electrons. The van der Waals surface area contributed by atoms with Gasteiger partial charge in [0.1, 0.15) is 12.4 Å². The molecule has 0 saturated carbocycles. The van der Waals surface area contributed by atoms with Crippen LogP contribution in [0.3, 0.4) is 0 Å². The van der Waals surface area contributed by atoms with Gasteiger partial charge in [0.25, 0.3) is 0 Å². The summed E-state index contributed by atoms with van der Waals surface area (Å²) in [6.07, 6.45) is 1.71. The minimum atomic E-state index is -0.933. The predicted molar refractivity (Wildman–Crippen MR) is 79.1 cm³/mol. The van der Waals surface area contributed by atoms with Crippen LogP contribution in [0.2, 0.25) is 0 Å². The minimum Gasteiger partial charge on any atom is -0.487 e. The van der Waals surface area contributed by atoms with Gasteiger partial charge in [-0.05, 0) is 65.2 Å². The smallest absolute Gasteiger partial charge is 0.335 e. The summed E-state index contributed by atoms with van der Waals surface area (Å²) in [4.78, 5) is 15.2. The summed E-state index contributed by atoms with van der Waals surface area (Å²) in [5.41, 5.74) is 2.70. The number of hydrogen-bond donors (Lipinski definition) is 1. The molecule has 0 aliphatic heterocycles. The number of ether oxygens (including phenoxy) is 1. The maximum atomic E-state index is 11.0. The molecule has 1 aromatic heterocycles. The fourth-order valence-electron chi connectivity index (χ4n) is 1.94. The van der Waals surface area contributed by atoms with Crippen molar-refractivity contribution in [3.63, 3.8) is 0 Å². The van der Waals surface area contributed by atoms with Gasteiger partial charge in [-0.15, -0.1) is 0 Å². The molecule has 0 aliphatic carbocycles. The topological polar surface area (TPSA) is 59.4 Å². The van der Waals surface area contributed by atoms with E-state index >= 15 is 0 Å². The number of carboxylic acids is 1. The molecule has 2 rings (SSSR count). The molecule has 4 nitrogen and oxygen atoms in total. The van der Waals surface area contributed by atoms with Crippen LogP contribution in [0, 0.1) is 13.8 Å². The van der Waals surface area contributed by atoms with Crippen molar-refractivity contribution in [1.29, 1.82) is 0 Å². The first-order valence-electron chi connectivity index (χ1n) is 6.05. The summed E-state index contributed by atoms with van der Waals surface area (Å²) in [5, 5.41) is 9.00. The molecule has 1 aromatic carbocycles. The van der Waals surface area contributed by atoms with Crippen molar-refractivity contribution in [3.05, 3.63) is 57.3 Å². The van der Waals surface area contributed by atoms with Crippen LogP contribution in [-0.4, -0.2) is 16.1 Å². The van der Waals surface area contributed by atoms with E-state index in [9.17, 15) is 4.79 Å². The monoisotopic (exact) mass is 335 g/mol. The average molecular weight is 336 g/mol. The standard InChI is InChI=1S/C15H14BrNO3/c1-9-5-11(15(18)19)6-10(2)14(9)20-8-13-4-3-12(16)7-17-13/h3-7H,8H2,1-2H3,(H,18,19). The molecule has 0 unspecified atom stereocenters. The number of rotatable bonds is 4. The lowest BCUT2D eigenvalue weighted by atomic mass is 10.1. The van der Waals surface area contributed by atoms with Gasteiger partial charge in [0.2, 0.25) is 0 Å². The average Bonchev–Trinajstić information content (AvgIpc) is 2.39. The van der Waals surface area contributed by atoms with Gasteiger partial charge in [0, 0.05) is 10.7 Å². The molecule has 0 aliphatic rings. The molecular weight excluding hydrogens is 322 g/mol. The Morgan fingerprint density at radius 3 is 2.45 bits per heavy atom. The van der Waals surface area contributed by atoms with E-state index < -0.39 is 5.97 Å². The van der Waals surface area contributed by atoms with E-state index in [1.54, 1.807) is 18.3 Å². The molecule has 5 heteroatoms. The molecule has 0 amide bonds. The number of halogens is 1. The van der Waals surface area contributed by atoms with E-state index in [0.29, 0.717) is 12.4 Å². The van der Waals surface area contributed by atoms with Crippen LogP contribution in [-0.2, 0) is 6.61 Å². The largest absolute Gasteiger partial charge is 0.487 e. The first-order chi connectivity index (χ1) is 9.47. The normalized spacial score (nSPS) is 10.3. The van der Waals surface area contributed by atoms with E-state index in [1.165, 1.54) is 0 Å². The maximum absolute atomic E-state index is 11.0. The third kappa shape index (κ3) is 3.36. The van der Waals surface area contributed by atoms with Crippen molar-refractivity contribution >= 4 is 21.9 Å². The van der Waals surface area contributed by atoms with Gasteiger partial charge < -0.3 is 9.84 Å². The fourth-order valence-corrected chi connectivity index (χ4v) is 2.17. The Morgan fingerprint density at radius 2 is 1.95 bits per heavy atom. The van der Waals surface area contributed by atoms with Crippen molar-refractivity contribution < 1.29 is 14.6 Å². The number of pyridine rings is 1. The highest BCUT2D eigenvalue weighted by atomic mass is 79.9. The molecule has 20 heavy (non-hydrogen) atoms. The van der Waals surface area contributed by atoms with Crippen molar-refractivity contribution in [2.24, 2.45) is 0 Å². The Balaban J connectivity index is 2.17. The van der Waals surface area contributed by atoms with Crippen molar-refractivity contribution in [2.75, 3.05) is 0 Å². The zero-order chi connectivity index (χ0) is 14.7. The van der Waals surface area contributed by atoms with Gasteiger partial charge in [-0.2, -0.15) is 0 Å². The molecule has 1 heterocycles. The third-order valence-electron chi connectivity index (χ3n) is 2.86. The number of nitrogens with zero attached hydrogens (tertiary/aromatic N) is 1. The predicted octanol–water partition coefficient (Wildman–Crippen LogP) is 3.74. The highest BCUT2D eigenvalue weighted by Crippen LogP contribution is 2.25. The summed E-state index contributed by atoms with van der Waals surface area (Å²) >= 11 is 3.33. The lowest BCUT2D eigenvalue weighted by Gasteiger charge is -2.12. The number of carbonyl (C=O) groups is 1. The molecule has 0 radical (unpaired) electrons. The highest BCUT2D eigenvalue weighted by molar-refractivity contribution is 9.10. The molecular formula is C15H14BrNO3. The lowest BCUT2D eigenvalue weighted by Crippen LogP contribution is -2.03. The number of aromatic carboxylic acids is 1. The quantitative estimate of drug-likeness (QED) is 0.924. The molecule has 2 aromatic rings. The Hall–Kier alpha value is -1.88. The fraction of sp³-hybridized carbons (Fsp3) is 0.200. The molecule has 0 atom stereocenters. The van der Waals surface area contributed by atoms with Gasteiger partial charge in [0.05, 0.1) is 11.3 Å². The first kappa shape index (κ1) is 14.5. The van der Waals surface area contributed by atoms with E-state index in [0.717, 1.165) is 21.3 Å². The summed E-state index contributed by atoms with van der Waals surface area (Å²) in [5.74, 6) is -0.225. The Morgan fingerprint density at radius 1 is 1.30 bits per heavy atom. The summed E-state index contributed by atoms with van der Waals surface area (Å²) in [6, 6.07) is 7.00. The van der Waals surface area contributed by atoms with Crippen molar-refractivity contribution in [3.8, 4) is 5.75 Å². The number of benzene rings is 1. The van der Waals surface area contributed by atoms with E-state index in [2.05, 4.69) is 20.9 Å². The second kappa shape index (κ2) is 6.05. The molecule has 0 bridgehead atoms. The molecule has 0 spiro atoms. The molecule has 1 N–H and O–H groups in total. The Labute approximate surface area is 125 Å². The van der Waals surface area contributed by atoms with E-state index in [4.69, 9.17) is 9.84 Å². The van der Waals surface area contributed by atoms with Crippen LogP contribution in [0.4, 0.5) is 0 Å². The molecule has 0 fully saturated rings. The Bertz CT molecular complexity index is 615. The summed E-state index contributed by atoms with van der Waals surface area (Å²) in [7, 11) is 0. The van der Waals surface area contributed by atoms with Crippen LogP contribution >= 0.6 is 15.9 Å². The van der Waals surface area contributed by atoms with Crippen molar-refractivity contribution in [1.82, 2.24) is 4.98 Å². The number of aromatic nitrogens is 1. The van der Waals surface area contributed by atoms with Crippen LogP contribution in [0.15, 0.2) is 34.9 Å². The zero-order valence-electron chi connectivity index (χ0n) is 11.2. The Kier molecular flexibility index (Phi) is 4.39. The van der Waals surface area contributed by atoms with Gasteiger partial charge in [-0.1, -0.05) is 0 Å². The first-order valence-corrected chi connectivity index (χ1v) is 6.84.